The third-order valence-corrected chi connectivity index (χ3v) is 9.02. The molecule has 3 saturated carbocycles. The number of benzene rings is 1. The monoisotopic (exact) mass is 634 g/mol. The molecule has 1 saturated heterocycles. The van der Waals surface area contributed by atoms with Crippen molar-refractivity contribution >= 4 is 15.9 Å². The fraction of sp³-hybridized carbons (Fsp3) is 0.583. The summed E-state index contributed by atoms with van der Waals surface area (Å²) in [6.45, 7) is -0.548. The number of aliphatic hydroxyl groups excluding tert-OH is 2. The number of nitrogens with zero attached hydrogens (tertiary/aromatic N) is 6. The summed E-state index contributed by atoms with van der Waals surface area (Å²) in [5.74, 6) is -2.22. The van der Waals surface area contributed by atoms with E-state index < -0.39 is 65.8 Å². The predicted molar refractivity (Wildman–Crippen MR) is 129 cm³/mol. The highest BCUT2D eigenvalue weighted by atomic mass is 79.9. The summed E-state index contributed by atoms with van der Waals surface area (Å²) in [6.07, 6.45) is -5.36. The third-order valence-electron chi connectivity index (χ3n) is 8.40. The molecule has 3 aliphatic carbocycles. The van der Waals surface area contributed by atoms with Crippen molar-refractivity contribution in [2.24, 2.45) is 5.41 Å². The highest BCUT2D eigenvalue weighted by Gasteiger charge is 2.79. The van der Waals surface area contributed by atoms with Gasteiger partial charge in [-0.15, -0.1) is 10.2 Å². The Labute approximate surface area is 232 Å². The molecular weight excluding hydrogens is 611 g/mol. The van der Waals surface area contributed by atoms with Crippen LogP contribution in [0.2, 0.25) is 0 Å². The summed E-state index contributed by atoms with van der Waals surface area (Å²) in [5, 5.41) is 37.1. The van der Waals surface area contributed by atoms with Crippen molar-refractivity contribution in [1.82, 2.24) is 30.0 Å². The van der Waals surface area contributed by atoms with E-state index in [9.17, 15) is 32.2 Å². The second-order valence-corrected chi connectivity index (χ2v) is 11.6. The summed E-state index contributed by atoms with van der Waals surface area (Å²) in [6, 6.07) is 1.70. The number of rotatable bonds is 7. The molecule has 2 N–H and O–H groups in total. The maximum absolute atomic E-state index is 14.6. The van der Waals surface area contributed by atoms with Crippen LogP contribution in [0.1, 0.15) is 31.0 Å². The molecule has 2 bridgehead atoms. The summed E-state index contributed by atoms with van der Waals surface area (Å²) < 4.78 is 82.7. The van der Waals surface area contributed by atoms with Crippen LogP contribution in [0.25, 0.3) is 11.3 Å². The lowest BCUT2D eigenvalue weighted by molar-refractivity contribution is -0.356. The minimum absolute atomic E-state index is 0.00710. The number of methoxy groups -OCH3 is 1. The van der Waals surface area contributed by atoms with E-state index in [4.69, 9.17) is 9.47 Å². The van der Waals surface area contributed by atoms with Gasteiger partial charge in [0, 0.05) is 25.3 Å². The van der Waals surface area contributed by atoms with Crippen LogP contribution in [0, 0.1) is 17.0 Å². The van der Waals surface area contributed by atoms with Crippen molar-refractivity contribution in [2.45, 2.75) is 67.9 Å². The van der Waals surface area contributed by atoms with Gasteiger partial charge in [-0.3, -0.25) is 0 Å². The van der Waals surface area contributed by atoms with Crippen LogP contribution in [0.15, 0.2) is 29.0 Å². The molecule has 7 rings (SSSR count). The zero-order valence-corrected chi connectivity index (χ0v) is 22.5. The smallest absolute Gasteiger partial charge is 0.394 e. The SMILES string of the molecule is CO[C@@H]1[C@@H](n2cc(-c3ccc(Br)c(F)c3F)nn2)[C@@H](O)[C@@H](CO)O[C@@H]1Cc1cn(C23CC(C(F)(F)F)(C2)C3)nn1. The van der Waals surface area contributed by atoms with Gasteiger partial charge in [-0.25, -0.2) is 18.1 Å². The van der Waals surface area contributed by atoms with E-state index in [-0.39, 0.29) is 41.4 Å². The van der Waals surface area contributed by atoms with Gasteiger partial charge >= 0.3 is 6.18 Å². The van der Waals surface area contributed by atoms with Crippen molar-refractivity contribution in [3.63, 3.8) is 0 Å². The zero-order valence-electron chi connectivity index (χ0n) is 20.9. The van der Waals surface area contributed by atoms with Gasteiger partial charge in [-0.2, -0.15) is 13.2 Å². The van der Waals surface area contributed by atoms with Crippen molar-refractivity contribution in [2.75, 3.05) is 13.7 Å². The highest BCUT2D eigenvalue weighted by molar-refractivity contribution is 9.10. The van der Waals surface area contributed by atoms with Gasteiger partial charge < -0.3 is 19.7 Å². The highest BCUT2D eigenvalue weighted by Crippen LogP contribution is 2.76. The van der Waals surface area contributed by atoms with Crippen LogP contribution in [0.4, 0.5) is 22.0 Å². The number of alkyl halides is 3. The Hall–Kier alpha value is -2.53. The first-order chi connectivity index (χ1) is 18.9. The minimum Gasteiger partial charge on any atom is -0.394 e. The molecule has 1 aromatic carbocycles. The molecule has 0 amide bonds. The normalized spacial score (nSPS) is 33.5. The lowest BCUT2D eigenvalue weighted by atomic mass is 9.39. The molecule has 16 heteroatoms. The van der Waals surface area contributed by atoms with E-state index in [1.165, 1.54) is 34.8 Å². The maximum atomic E-state index is 14.6. The van der Waals surface area contributed by atoms with Gasteiger partial charge in [0.2, 0.25) is 0 Å². The van der Waals surface area contributed by atoms with Crippen LogP contribution in [0.5, 0.6) is 0 Å². The van der Waals surface area contributed by atoms with Gasteiger partial charge in [0.1, 0.15) is 30.0 Å². The molecule has 216 valence electrons. The largest absolute Gasteiger partial charge is 0.394 e. The number of aromatic nitrogens is 6. The molecular formula is C24H24BrF5N6O4. The number of halogens is 6. The quantitative estimate of drug-likeness (QED) is 0.301. The van der Waals surface area contributed by atoms with E-state index in [1.807, 2.05) is 0 Å². The fourth-order valence-corrected chi connectivity index (χ4v) is 6.61. The van der Waals surface area contributed by atoms with Crippen molar-refractivity contribution in [1.29, 1.82) is 0 Å². The van der Waals surface area contributed by atoms with Crippen LogP contribution in [0.3, 0.4) is 0 Å². The van der Waals surface area contributed by atoms with Gasteiger partial charge in [0.05, 0.1) is 40.0 Å². The molecule has 0 unspecified atom stereocenters. The van der Waals surface area contributed by atoms with Crippen molar-refractivity contribution < 1.29 is 41.6 Å². The molecule has 40 heavy (non-hydrogen) atoms. The first-order valence-corrected chi connectivity index (χ1v) is 13.2. The Kier molecular flexibility index (Phi) is 6.57. The lowest BCUT2D eigenvalue weighted by Gasteiger charge is -2.69. The summed E-state index contributed by atoms with van der Waals surface area (Å²) in [5.41, 5.74) is -2.04. The average molecular weight is 635 g/mol. The number of hydrogen-bond acceptors (Lipinski definition) is 8. The molecule has 5 atom stereocenters. The number of aliphatic hydroxyl groups is 2. The van der Waals surface area contributed by atoms with E-state index in [0.29, 0.717) is 5.69 Å². The minimum atomic E-state index is -4.24. The molecule has 4 aliphatic rings. The Morgan fingerprint density at radius 1 is 1.10 bits per heavy atom. The predicted octanol–water partition coefficient (Wildman–Crippen LogP) is 2.94. The van der Waals surface area contributed by atoms with E-state index >= 15 is 0 Å². The van der Waals surface area contributed by atoms with Crippen LogP contribution in [-0.4, -0.2) is 84.5 Å². The number of ether oxygens (including phenoxy) is 2. The first kappa shape index (κ1) is 27.6. The standard InChI is InChI=1S/C24H24BrF5N6O4/c1-39-21-15(4-11-5-36(34-31-11)23-8-22(9-23,10-23)24(28,29)30)40-16(7-37)20(38)19(21)35-6-14(32-33-35)12-2-3-13(25)18(27)17(12)26/h2-3,5-6,15-16,19-21,37-38H,4,7-10H2,1H3/t15-,16-,19+,20+,21+,22?,23?/m1/s1. The van der Waals surface area contributed by atoms with E-state index in [1.54, 1.807) is 6.20 Å². The number of hydrogen-bond donors (Lipinski definition) is 2. The lowest BCUT2D eigenvalue weighted by Crippen LogP contribution is -2.73. The maximum Gasteiger partial charge on any atom is 0.394 e. The van der Waals surface area contributed by atoms with Crippen molar-refractivity contribution in [3.05, 3.63) is 46.3 Å². The first-order valence-electron chi connectivity index (χ1n) is 12.4. The van der Waals surface area contributed by atoms with Crippen molar-refractivity contribution in [3.8, 4) is 11.3 Å². The van der Waals surface area contributed by atoms with Crippen LogP contribution < -0.4 is 0 Å². The van der Waals surface area contributed by atoms with Gasteiger partial charge in [0.15, 0.2) is 11.6 Å². The zero-order chi connectivity index (χ0) is 28.6. The molecule has 3 aromatic rings. The Morgan fingerprint density at radius 3 is 2.48 bits per heavy atom. The molecule has 2 aromatic heterocycles. The average Bonchev–Trinajstić information content (AvgIpc) is 3.51. The van der Waals surface area contributed by atoms with Gasteiger partial charge in [0.25, 0.3) is 0 Å². The molecule has 1 aliphatic heterocycles. The van der Waals surface area contributed by atoms with Gasteiger partial charge in [-0.05, 0) is 47.3 Å². The second kappa shape index (κ2) is 9.51. The molecule has 0 spiro atoms. The topological polar surface area (TPSA) is 120 Å². The summed E-state index contributed by atoms with van der Waals surface area (Å²) >= 11 is 2.93. The fourth-order valence-electron chi connectivity index (χ4n) is 6.31. The Bertz CT molecular complexity index is 1410. The third kappa shape index (κ3) is 4.09. The van der Waals surface area contributed by atoms with Crippen LogP contribution >= 0.6 is 15.9 Å². The second-order valence-electron chi connectivity index (χ2n) is 10.8. The Balaban J connectivity index is 1.23. The summed E-state index contributed by atoms with van der Waals surface area (Å²) in [4.78, 5) is 0. The summed E-state index contributed by atoms with van der Waals surface area (Å²) in [7, 11) is 1.39. The molecule has 10 nitrogen and oxygen atoms in total. The molecule has 0 radical (unpaired) electrons. The Morgan fingerprint density at radius 2 is 1.82 bits per heavy atom. The van der Waals surface area contributed by atoms with E-state index in [0.717, 1.165) is 0 Å². The molecule has 4 fully saturated rings. The van der Waals surface area contributed by atoms with E-state index in [2.05, 4.69) is 36.6 Å². The van der Waals surface area contributed by atoms with Crippen LogP contribution in [-0.2, 0) is 21.4 Å². The van der Waals surface area contributed by atoms with Gasteiger partial charge in [-0.1, -0.05) is 10.4 Å². The molecule has 3 heterocycles.